The van der Waals surface area contributed by atoms with Crippen LogP contribution in [-0.2, 0) is 11.3 Å². The molecule has 2 aromatic heterocycles. The summed E-state index contributed by atoms with van der Waals surface area (Å²) in [6.45, 7) is 1.51. The van der Waals surface area contributed by atoms with Crippen LogP contribution in [0.25, 0.3) is 10.2 Å². The zero-order chi connectivity index (χ0) is 16.5. The summed E-state index contributed by atoms with van der Waals surface area (Å²) in [5.74, 6) is 0.425. The molecule has 9 heteroatoms. The number of rotatable bonds is 3. The van der Waals surface area contributed by atoms with Crippen molar-refractivity contribution >= 4 is 33.4 Å². The number of anilines is 1. The molecular weight excluding hydrogens is 326 g/mol. The molecule has 4 rings (SSSR count). The summed E-state index contributed by atoms with van der Waals surface area (Å²) in [4.78, 5) is 19.1. The highest BCUT2D eigenvalue weighted by atomic mass is 32.1. The number of carbonyl (C=O) groups excluding carboxylic acids is 1. The molecule has 0 bridgehead atoms. The van der Waals surface area contributed by atoms with E-state index in [1.165, 1.54) is 9.38 Å². The van der Waals surface area contributed by atoms with Crippen molar-refractivity contribution in [2.24, 2.45) is 0 Å². The van der Waals surface area contributed by atoms with Crippen LogP contribution in [0.5, 0.6) is 0 Å². The van der Waals surface area contributed by atoms with Crippen LogP contribution in [0.1, 0.15) is 23.8 Å². The fraction of sp³-hybridized carbons (Fsp3) is 0.400. The molecule has 0 radical (unpaired) electrons. The van der Waals surface area contributed by atoms with Gasteiger partial charge in [-0.15, -0.1) is 11.3 Å². The molecule has 124 valence electrons. The Balaban J connectivity index is 1.49. The van der Waals surface area contributed by atoms with Gasteiger partial charge in [-0.25, -0.2) is 9.67 Å². The topological polar surface area (TPSA) is 103 Å². The zero-order valence-electron chi connectivity index (χ0n) is 13.0. The van der Waals surface area contributed by atoms with Gasteiger partial charge in [0.05, 0.1) is 15.2 Å². The van der Waals surface area contributed by atoms with E-state index >= 15 is 0 Å². The van der Waals surface area contributed by atoms with E-state index in [1.807, 2.05) is 23.1 Å². The Labute approximate surface area is 142 Å². The maximum atomic E-state index is 12.5. The molecule has 0 saturated carbocycles. The number of thiazole rings is 1. The van der Waals surface area contributed by atoms with Gasteiger partial charge in [0.1, 0.15) is 6.54 Å². The minimum Gasteiger partial charge on any atom is -0.367 e. The summed E-state index contributed by atoms with van der Waals surface area (Å²) >= 11 is 1.72. The van der Waals surface area contributed by atoms with E-state index in [0.717, 1.165) is 29.9 Å². The van der Waals surface area contributed by atoms with Crippen molar-refractivity contribution in [1.82, 2.24) is 30.1 Å². The number of para-hydroxylation sites is 1. The third-order valence-corrected chi connectivity index (χ3v) is 5.48. The van der Waals surface area contributed by atoms with Gasteiger partial charge in [0, 0.05) is 19.0 Å². The third-order valence-electron chi connectivity index (χ3n) is 4.28. The molecule has 24 heavy (non-hydrogen) atoms. The second kappa shape index (κ2) is 6.16. The van der Waals surface area contributed by atoms with Crippen LogP contribution in [-0.4, -0.2) is 49.1 Å². The number of hydrogen-bond acceptors (Lipinski definition) is 7. The quantitative estimate of drug-likeness (QED) is 0.768. The molecule has 0 aliphatic carbocycles. The Morgan fingerprint density at radius 2 is 2.25 bits per heavy atom. The molecule has 1 amide bonds. The van der Waals surface area contributed by atoms with Crippen LogP contribution in [0.15, 0.2) is 24.3 Å². The average molecular weight is 343 g/mol. The normalized spacial score (nSPS) is 18.2. The minimum absolute atomic E-state index is 0.0141. The molecule has 1 aliphatic heterocycles. The molecule has 1 aliphatic rings. The second-order valence-corrected chi connectivity index (χ2v) is 6.96. The summed E-state index contributed by atoms with van der Waals surface area (Å²) in [7, 11) is 0. The standard InChI is InChI=1S/C15H17N7OS/c16-15-18-19-20-22(15)9-13(23)21-7-3-4-10(8-21)14-17-11-5-1-2-6-12(11)24-14/h1-2,5-6,10H,3-4,7-9H2,(H2,16,18,20). The first kappa shape index (κ1) is 15.0. The van der Waals surface area contributed by atoms with Crippen LogP contribution in [0.4, 0.5) is 5.95 Å². The Hall–Kier alpha value is -2.55. The lowest BCUT2D eigenvalue weighted by molar-refractivity contribution is -0.133. The molecule has 3 aromatic rings. The van der Waals surface area contributed by atoms with E-state index in [-0.39, 0.29) is 24.3 Å². The van der Waals surface area contributed by atoms with Gasteiger partial charge in [-0.1, -0.05) is 17.2 Å². The van der Waals surface area contributed by atoms with Crippen molar-refractivity contribution in [2.75, 3.05) is 18.8 Å². The second-order valence-electron chi connectivity index (χ2n) is 5.89. The molecule has 1 saturated heterocycles. The maximum Gasteiger partial charge on any atom is 0.244 e. The average Bonchev–Trinajstić information content (AvgIpc) is 3.21. The van der Waals surface area contributed by atoms with E-state index < -0.39 is 0 Å². The first-order valence-corrected chi connectivity index (χ1v) is 8.67. The summed E-state index contributed by atoms with van der Waals surface area (Å²) in [6.07, 6.45) is 2.02. The number of carbonyl (C=O) groups is 1. The number of amides is 1. The van der Waals surface area contributed by atoms with Crippen molar-refractivity contribution in [1.29, 1.82) is 0 Å². The van der Waals surface area contributed by atoms with Gasteiger partial charge in [0.2, 0.25) is 11.9 Å². The lowest BCUT2D eigenvalue weighted by atomic mass is 9.98. The summed E-state index contributed by atoms with van der Waals surface area (Å²) in [6, 6.07) is 8.14. The summed E-state index contributed by atoms with van der Waals surface area (Å²) < 4.78 is 2.52. The number of nitrogen functional groups attached to an aromatic ring is 1. The number of nitrogens with two attached hydrogens (primary N) is 1. The van der Waals surface area contributed by atoms with Crippen LogP contribution in [0.2, 0.25) is 0 Å². The van der Waals surface area contributed by atoms with E-state index in [9.17, 15) is 4.79 Å². The fourth-order valence-corrected chi connectivity index (χ4v) is 4.12. The van der Waals surface area contributed by atoms with Gasteiger partial charge in [-0.2, -0.15) is 0 Å². The number of aromatic nitrogens is 5. The number of piperidine rings is 1. The van der Waals surface area contributed by atoms with Gasteiger partial charge in [0.25, 0.3) is 0 Å². The van der Waals surface area contributed by atoms with Crippen molar-refractivity contribution < 1.29 is 4.79 Å². The highest BCUT2D eigenvalue weighted by Gasteiger charge is 2.27. The molecule has 1 unspecified atom stereocenters. The van der Waals surface area contributed by atoms with Gasteiger partial charge < -0.3 is 10.6 Å². The van der Waals surface area contributed by atoms with Crippen molar-refractivity contribution in [3.05, 3.63) is 29.3 Å². The third kappa shape index (κ3) is 2.82. The Morgan fingerprint density at radius 1 is 1.38 bits per heavy atom. The summed E-state index contributed by atoms with van der Waals surface area (Å²) in [5, 5.41) is 11.9. The molecule has 0 spiro atoms. The monoisotopic (exact) mass is 343 g/mol. The first-order valence-electron chi connectivity index (χ1n) is 7.85. The smallest absolute Gasteiger partial charge is 0.244 e. The summed E-state index contributed by atoms with van der Waals surface area (Å²) in [5.41, 5.74) is 6.66. The first-order chi connectivity index (χ1) is 11.7. The van der Waals surface area contributed by atoms with Gasteiger partial charge in [-0.05, 0) is 35.4 Å². The van der Waals surface area contributed by atoms with Crippen molar-refractivity contribution in [3.63, 3.8) is 0 Å². The number of nitrogens with zero attached hydrogens (tertiary/aromatic N) is 6. The zero-order valence-corrected chi connectivity index (χ0v) is 13.8. The molecule has 1 atom stereocenters. The minimum atomic E-state index is -0.0141. The Morgan fingerprint density at radius 3 is 3.04 bits per heavy atom. The predicted octanol–water partition coefficient (Wildman–Crippen LogP) is 1.27. The molecular formula is C15H17N7OS. The van der Waals surface area contributed by atoms with E-state index in [4.69, 9.17) is 10.7 Å². The molecule has 1 fully saturated rings. The molecule has 3 heterocycles. The predicted molar refractivity (Wildman–Crippen MR) is 90.4 cm³/mol. The van der Waals surface area contributed by atoms with Gasteiger partial charge >= 0.3 is 0 Å². The van der Waals surface area contributed by atoms with Crippen molar-refractivity contribution in [2.45, 2.75) is 25.3 Å². The fourth-order valence-electron chi connectivity index (χ4n) is 3.02. The molecule has 8 nitrogen and oxygen atoms in total. The lowest BCUT2D eigenvalue weighted by Gasteiger charge is -2.31. The van der Waals surface area contributed by atoms with Crippen LogP contribution >= 0.6 is 11.3 Å². The van der Waals surface area contributed by atoms with Crippen molar-refractivity contribution in [3.8, 4) is 0 Å². The Kier molecular flexibility index (Phi) is 3.85. The largest absolute Gasteiger partial charge is 0.367 e. The number of benzene rings is 1. The number of tetrazole rings is 1. The lowest BCUT2D eigenvalue weighted by Crippen LogP contribution is -2.41. The Bertz CT molecular complexity index is 840. The molecule has 1 aromatic carbocycles. The highest BCUT2D eigenvalue weighted by molar-refractivity contribution is 7.18. The number of fused-ring (bicyclic) bond motifs is 1. The van der Waals surface area contributed by atoms with Crippen LogP contribution in [0.3, 0.4) is 0 Å². The molecule has 2 N–H and O–H groups in total. The maximum absolute atomic E-state index is 12.5. The highest BCUT2D eigenvalue weighted by Crippen LogP contribution is 2.32. The van der Waals surface area contributed by atoms with E-state index in [0.29, 0.717) is 6.54 Å². The van der Waals surface area contributed by atoms with E-state index in [2.05, 4.69) is 21.6 Å². The number of likely N-dealkylation sites (tertiary alicyclic amines) is 1. The van der Waals surface area contributed by atoms with Gasteiger partial charge in [0.15, 0.2) is 0 Å². The van der Waals surface area contributed by atoms with Gasteiger partial charge in [-0.3, -0.25) is 4.79 Å². The SMILES string of the molecule is Nc1nnnn1CC(=O)N1CCCC(c2nc3ccccc3s2)C1. The van der Waals surface area contributed by atoms with Crippen LogP contribution < -0.4 is 5.73 Å². The number of hydrogen-bond donors (Lipinski definition) is 1. The van der Waals surface area contributed by atoms with Crippen LogP contribution in [0, 0.1) is 0 Å². The van der Waals surface area contributed by atoms with E-state index in [1.54, 1.807) is 11.3 Å².